The molecule has 0 aliphatic carbocycles. The number of anilines is 2. The van der Waals surface area contributed by atoms with E-state index in [1.54, 1.807) is 7.11 Å². The minimum absolute atomic E-state index is 0.0772. The molecule has 0 amide bonds. The predicted octanol–water partition coefficient (Wildman–Crippen LogP) is 1.02. The molecule has 0 bridgehead atoms. The number of rotatable bonds is 6. The number of nitrogen functional groups attached to an aromatic ring is 1. The first-order chi connectivity index (χ1) is 7.65. The molecule has 0 aromatic carbocycles. The van der Waals surface area contributed by atoms with Gasteiger partial charge in [-0.3, -0.25) is 10.1 Å². The summed E-state index contributed by atoms with van der Waals surface area (Å²) in [5, 5.41) is 13.5. The van der Waals surface area contributed by atoms with E-state index in [0.717, 1.165) is 6.42 Å². The summed E-state index contributed by atoms with van der Waals surface area (Å²) in [6.45, 7) is 1.13. The van der Waals surface area contributed by atoms with Crippen molar-refractivity contribution in [1.29, 1.82) is 0 Å². The summed E-state index contributed by atoms with van der Waals surface area (Å²) in [7, 11) is 1.60. The Morgan fingerprint density at radius 2 is 2.38 bits per heavy atom. The van der Waals surface area contributed by atoms with E-state index < -0.39 is 4.92 Å². The summed E-state index contributed by atoms with van der Waals surface area (Å²) >= 11 is 0. The molecule has 1 aromatic rings. The van der Waals surface area contributed by atoms with Crippen LogP contribution in [0, 0.1) is 10.1 Å². The molecule has 0 radical (unpaired) electrons. The van der Waals surface area contributed by atoms with Gasteiger partial charge in [-0.25, -0.2) is 4.98 Å². The second-order valence-corrected chi connectivity index (χ2v) is 3.13. The summed E-state index contributed by atoms with van der Waals surface area (Å²) in [6, 6.07) is 2.74. The topological polar surface area (TPSA) is 103 Å². The second-order valence-electron chi connectivity index (χ2n) is 3.13. The summed E-state index contributed by atoms with van der Waals surface area (Å²) in [4.78, 5) is 14.1. The van der Waals surface area contributed by atoms with Crippen LogP contribution >= 0.6 is 0 Å². The van der Waals surface area contributed by atoms with Gasteiger partial charge in [-0.15, -0.1) is 0 Å². The first-order valence-electron chi connectivity index (χ1n) is 4.79. The first kappa shape index (κ1) is 12.2. The van der Waals surface area contributed by atoms with Crippen LogP contribution in [0.5, 0.6) is 0 Å². The van der Waals surface area contributed by atoms with Gasteiger partial charge in [0.1, 0.15) is 5.82 Å². The van der Waals surface area contributed by atoms with Crippen molar-refractivity contribution in [2.24, 2.45) is 0 Å². The number of pyridine rings is 1. The van der Waals surface area contributed by atoms with Gasteiger partial charge in [0.15, 0.2) is 0 Å². The minimum Gasteiger partial charge on any atom is -0.385 e. The smallest absolute Gasteiger partial charge is 0.311 e. The number of aromatic nitrogens is 1. The Bertz CT molecular complexity index is 370. The highest BCUT2D eigenvalue weighted by Gasteiger charge is 2.14. The zero-order valence-corrected chi connectivity index (χ0v) is 8.97. The molecule has 0 aliphatic rings. The average molecular weight is 226 g/mol. The lowest BCUT2D eigenvalue weighted by Gasteiger charge is -2.06. The van der Waals surface area contributed by atoms with Gasteiger partial charge in [-0.1, -0.05) is 0 Å². The van der Waals surface area contributed by atoms with Gasteiger partial charge in [-0.05, 0) is 12.5 Å². The summed E-state index contributed by atoms with van der Waals surface area (Å²) in [5.74, 6) is 0.445. The van der Waals surface area contributed by atoms with Gasteiger partial charge in [0.05, 0.1) is 4.92 Å². The van der Waals surface area contributed by atoms with Crippen molar-refractivity contribution in [3.05, 3.63) is 22.2 Å². The van der Waals surface area contributed by atoms with Crippen LogP contribution in [-0.2, 0) is 4.74 Å². The van der Waals surface area contributed by atoms with E-state index >= 15 is 0 Å². The molecule has 0 unspecified atom stereocenters. The summed E-state index contributed by atoms with van der Waals surface area (Å²) in [6.07, 6.45) is 0.740. The molecular weight excluding hydrogens is 212 g/mol. The quantitative estimate of drug-likeness (QED) is 0.426. The SMILES string of the molecule is COCCCNc1nc(N)ccc1[N+](=O)[O-]. The van der Waals surface area contributed by atoms with Crippen LogP contribution in [0.15, 0.2) is 12.1 Å². The molecule has 0 fully saturated rings. The van der Waals surface area contributed by atoms with Gasteiger partial charge >= 0.3 is 5.69 Å². The molecule has 0 saturated heterocycles. The highest BCUT2D eigenvalue weighted by molar-refractivity contribution is 5.59. The third-order valence-electron chi connectivity index (χ3n) is 1.91. The molecule has 1 aromatic heterocycles. The van der Waals surface area contributed by atoms with E-state index in [4.69, 9.17) is 10.5 Å². The molecule has 1 rings (SSSR count). The zero-order valence-electron chi connectivity index (χ0n) is 8.97. The van der Waals surface area contributed by atoms with Crippen LogP contribution in [0.3, 0.4) is 0 Å². The maximum Gasteiger partial charge on any atom is 0.311 e. The van der Waals surface area contributed by atoms with Crippen molar-refractivity contribution in [3.63, 3.8) is 0 Å². The lowest BCUT2D eigenvalue weighted by Crippen LogP contribution is -2.09. The third-order valence-corrected chi connectivity index (χ3v) is 1.91. The Hall–Kier alpha value is -1.89. The lowest BCUT2D eigenvalue weighted by molar-refractivity contribution is -0.384. The molecule has 0 spiro atoms. The van der Waals surface area contributed by atoms with Crippen molar-refractivity contribution < 1.29 is 9.66 Å². The number of hydrogen-bond donors (Lipinski definition) is 2. The van der Waals surface area contributed by atoms with E-state index in [-0.39, 0.29) is 17.3 Å². The Kier molecular flexibility index (Phi) is 4.46. The van der Waals surface area contributed by atoms with Gasteiger partial charge < -0.3 is 15.8 Å². The molecule has 1 heterocycles. The number of nitrogens with two attached hydrogens (primary N) is 1. The molecule has 0 aliphatic heterocycles. The van der Waals surface area contributed by atoms with Crippen LogP contribution in [0.25, 0.3) is 0 Å². The Morgan fingerprint density at radius 1 is 1.62 bits per heavy atom. The van der Waals surface area contributed by atoms with Crippen LogP contribution in [0.1, 0.15) is 6.42 Å². The molecule has 7 heteroatoms. The van der Waals surface area contributed by atoms with Crippen molar-refractivity contribution in [2.75, 3.05) is 31.3 Å². The van der Waals surface area contributed by atoms with Crippen LogP contribution in [0.2, 0.25) is 0 Å². The largest absolute Gasteiger partial charge is 0.385 e. The molecular formula is C9H14N4O3. The standard InChI is InChI=1S/C9H14N4O3/c1-16-6-2-5-11-9-7(13(14)15)3-4-8(10)12-9/h3-4H,2,5-6H2,1H3,(H3,10,11,12). The first-order valence-corrected chi connectivity index (χ1v) is 4.79. The molecule has 88 valence electrons. The van der Waals surface area contributed by atoms with Crippen molar-refractivity contribution in [3.8, 4) is 0 Å². The molecule has 7 nitrogen and oxygen atoms in total. The van der Waals surface area contributed by atoms with E-state index in [0.29, 0.717) is 13.2 Å². The van der Waals surface area contributed by atoms with E-state index in [2.05, 4.69) is 10.3 Å². The van der Waals surface area contributed by atoms with Crippen molar-refractivity contribution in [2.45, 2.75) is 6.42 Å². The molecule has 3 N–H and O–H groups in total. The fraction of sp³-hybridized carbons (Fsp3) is 0.444. The fourth-order valence-electron chi connectivity index (χ4n) is 1.17. The second kappa shape index (κ2) is 5.86. The van der Waals surface area contributed by atoms with Gasteiger partial charge in [0.25, 0.3) is 0 Å². The maximum absolute atomic E-state index is 10.7. The summed E-state index contributed by atoms with van der Waals surface area (Å²) < 4.78 is 4.86. The Balaban J connectivity index is 2.68. The third kappa shape index (κ3) is 3.35. The van der Waals surface area contributed by atoms with Gasteiger partial charge in [0.2, 0.25) is 5.82 Å². The van der Waals surface area contributed by atoms with E-state index in [1.165, 1.54) is 12.1 Å². The van der Waals surface area contributed by atoms with Crippen molar-refractivity contribution in [1.82, 2.24) is 4.98 Å². The number of nitrogens with one attached hydrogen (secondary N) is 1. The average Bonchev–Trinajstić information content (AvgIpc) is 2.24. The minimum atomic E-state index is -0.495. The number of ether oxygens (including phenoxy) is 1. The predicted molar refractivity (Wildman–Crippen MR) is 60.3 cm³/mol. The Morgan fingerprint density at radius 3 is 3.00 bits per heavy atom. The lowest BCUT2D eigenvalue weighted by atomic mass is 10.3. The number of hydrogen-bond acceptors (Lipinski definition) is 6. The monoisotopic (exact) mass is 226 g/mol. The maximum atomic E-state index is 10.7. The van der Waals surface area contributed by atoms with Crippen LogP contribution < -0.4 is 11.1 Å². The number of nitrogens with zero attached hydrogens (tertiary/aromatic N) is 2. The van der Waals surface area contributed by atoms with E-state index in [1.807, 2.05) is 0 Å². The summed E-state index contributed by atoms with van der Waals surface area (Å²) in [5.41, 5.74) is 5.38. The van der Waals surface area contributed by atoms with Crippen molar-refractivity contribution >= 4 is 17.3 Å². The highest BCUT2D eigenvalue weighted by Crippen LogP contribution is 2.22. The molecule has 0 atom stereocenters. The van der Waals surface area contributed by atoms with E-state index in [9.17, 15) is 10.1 Å². The molecule has 0 saturated carbocycles. The number of nitro groups is 1. The van der Waals surface area contributed by atoms with Crippen LogP contribution in [0.4, 0.5) is 17.3 Å². The normalized spacial score (nSPS) is 10.1. The molecule has 16 heavy (non-hydrogen) atoms. The van der Waals surface area contributed by atoms with Gasteiger partial charge in [0, 0.05) is 26.3 Å². The zero-order chi connectivity index (χ0) is 12.0. The highest BCUT2D eigenvalue weighted by atomic mass is 16.6. The van der Waals surface area contributed by atoms with Gasteiger partial charge in [-0.2, -0.15) is 0 Å². The fourth-order valence-corrected chi connectivity index (χ4v) is 1.17. The number of methoxy groups -OCH3 is 1. The van der Waals surface area contributed by atoms with Crippen LogP contribution in [-0.4, -0.2) is 30.2 Å². The Labute approximate surface area is 92.8 Å².